The maximum atomic E-state index is 6.10. The molecular weight excluding hydrogens is 284 g/mol. The van der Waals surface area contributed by atoms with Crippen LogP contribution in [-0.2, 0) is 6.54 Å². The van der Waals surface area contributed by atoms with Gasteiger partial charge in [-0.2, -0.15) is 5.10 Å². The monoisotopic (exact) mass is 298 g/mol. The van der Waals surface area contributed by atoms with Crippen molar-refractivity contribution in [3.05, 3.63) is 71.3 Å². The highest BCUT2D eigenvalue weighted by atomic mass is 35.5. The number of nitrogens with zero attached hydrogens (tertiary/aromatic N) is 3. The van der Waals surface area contributed by atoms with Gasteiger partial charge in [-0.1, -0.05) is 41.4 Å². The van der Waals surface area contributed by atoms with E-state index in [0.29, 0.717) is 5.02 Å². The zero-order valence-electron chi connectivity index (χ0n) is 11.6. The van der Waals surface area contributed by atoms with Gasteiger partial charge >= 0.3 is 0 Å². The van der Waals surface area contributed by atoms with Crippen molar-refractivity contribution in [2.45, 2.75) is 13.5 Å². The molecule has 2 aromatic carbocycles. The van der Waals surface area contributed by atoms with Crippen molar-refractivity contribution in [3.63, 3.8) is 0 Å². The van der Waals surface area contributed by atoms with Gasteiger partial charge in [0.25, 0.3) is 0 Å². The molecule has 0 saturated heterocycles. The summed E-state index contributed by atoms with van der Waals surface area (Å²) >= 11 is 6.10. The molecule has 0 aliphatic heterocycles. The molecule has 0 aliphatic rings. The van der Waals surface area contributed by atoms with E-state index in [2.05, 4.69) is 46.6 Å². The third-order valence-electron chi connectivity index (χ3n) is 3.23. The normalized spacial score (nSPS) is 10.6. The number of rotatable bonds is 4. The fourth-order valence-corrected chi connectivity index (χ4v) is 2.26. The molecule has 106 valence electrons. The largest absolute Gasteiger partial charge is 0.379 e. The van der Waals surface area contributed by atoms with Crippen LogP contribution < -0.4 is 5.32 Å². The van der Waals surface area contributed by atoms with Crippen molar-refractivity contribution in [3.8, 4) is 5.69 Å². The number of hydrogen-bond donors (Lipinski definition) is 1. The Hall–Kier alpha value is -2.33. The van der Waals surface area contributed by atoms with E-state index < -0.39 is 0 Å². The molecule has 0 saturated carbocycles. The molecule has 1 heterocycles. The van der Waals surface area contributed by atoms with E-state index >= 15 is 0 Å². The van der Waals surface area contributed by atoms with Crippen LogP contribution in [0.3, 0.4) is 0 Å². The third kappa shape index (κ3) is 3.23. The summed E-state index contributed by atoms with van der Waals surface area (Å²) in [5, 5.41) is 8.26. The predicted molar refractivity (Wildman–Crippen MR) is 84.9 cm³/mol. The summed E-state index contributed by atoms with van der Waals surface area (Å²) in [7, 11) is 0. The van der Waals surface area contributed by atoms with Gasteiger partial charge in [0.2, 0.25) is 0 Å². The topological polar surface area (TPSA) is 42.7 Å². The molecule has 0 radical (unpaired) electrons. The average Bonchev–Trinajstić information content (AvgIpc) is 3.01. The molecule has 1 aromatic heterocycles. The van der Waals surface area contributed by atoms with Gasteiger partial charge in [-0.05, 0) is 30.7 Å². The van der Waals surface area contributed by atoms with E-state index in [-0.39, 0.29) is 0 Å². The second-order valence-corrected chi connectivity index (χ2v) is 5.28. The number of benzene rings is 2. The molecule has 3 aromatic rings. The lowest BCUT2D eigenvalue weighted by Gasteiger charge is -2.12. The van der Waals surface area contributed by atoms with Crippen molar-refractivity contribution in [1.29, 1.82) is 0 Å². The zero-order chi connectivity index (χ0) is 14.7. The minimum Gasteiger partial charge on any atom is -0.379 e. The third-order valence-corrected chi connectivity index (χ3v) is 3.46. The Labute approximate surface area is 128 Å². The number of hydrogen-bond acceptors (Lipinski definition) is 3. The van der Waals surface area contributed by atoms with Crippen LogP contribution in [0, 0.1) is 6.92 Å². The van der Waals surface area contributed by atoms with Crippen molar-refractivity contribution in [2.75, 3.05) is 5.32 Å². The van der Waals surface area contributed by atoms with Gasteiger partial charge in [-0.3, -0.25) is 0 Å². The van der Waals surface area contributed by atoms with Crippen LogP contribution in [0.15, 0.2) is 55.1 Å². The number of aryl methyl sites for hydroxylation is 1. The molecule has 0 fully saturated rings. The number of halogens is 1. The molecular formula is C16H15ClN4. The summed E-state index contributed by atoms with van der Waals surface area (Å²) in [6.07, 6.45) is 3.18. The number of nitrogens with one attached hydrogen (secondary N) is 1. The molecule has 0 amide bonds. The van der Waals surface area contributed by atoms with Crippen LogP contribution in [0.25, 0.3) is 5.69 Å². The Morgan fingerprint density at radius 1 is 1.14 bits per heavy atom. The highest BCUT2D eigenvalue weighted by molar-refractivity contribution is 6.31. The second kappa shape index (κ2) is 5.97. The Morgan fingerprint density at radius 3 is 2.67 bits per heavy atom. The van der Waals surface area contributed by atoms with Gasteiger partial charge in [0.05, 0.1) is 11.4 Å². The van der Waals surface area contributed by atoms with Crippen LogP contribution in [0.1, 0.15) is 11.1 Å². The average molecular weight is 299 g/mol. The van der Waals surface area contributed by atoms with Crippen molar-refractivity contribution in [1.82, 2.24) is 14.8 Å². The predicted octanol–water partition coefficient (Wildman–Crippen LogP) is 3.84. The first-order valence-corrected chi connectivity index (χ1v) is 7.04. The van der Waals surface area contributed by atoms with Gasteiger partial charge in [0, 0.05) is 11.6 Å². The van der Waals surface area contributed by atoms with Crippen LogP contribution in [0.5, 0.6) is 0 Å². The summed E-state index contributed by atoms with van der Waals surface area (Å²) in [5.74, 6) is 0. The molecule has 0 aliphatic carbocycles. The maximum absolute atomic E-state index is 6.10. The van der Waals surface area contributed by atoms with Crippen molar-refractivity contribution >= 4 is 17.3 Å². The van der Waals surface area contributed by atoms with Gasteiger partial charge in [-0.15, -0.1) is 0 Å². The second-order valence-electron chi connectivity index (χ2n) is 4.84. The van der Waals surface area contributed by atoms with E-state index in [1.165, 1.54) is 17.5 Å². The smallest absolute Gasteiger partial charge is 0.138 e. The number of aromatic nitrogens is 3. The molecule has 0 unspecified atom stereocenters. The highest BCUT2D eigenvalue weighted by Gasteiger charge is 2.06. The van der Waals surface area contributed by atoms with E-state index in [4.69, 9.17) is 11.6 Å². The molecule has 0 spiro atoms. The molecule has 21 heavy (non-hydrogen) atoms. The Morgan fingerprint density at radius 2 is 1.95 bits per heavy atom. The van der Waals surface area contributed by atoms with Crippen LogP contribution in [-0.4, -0.2) is 14.8 Å². The van der Waals surface area contributed by atoms with Gasteiger partial charge < -0.3 is 5.32 Å². The van der Waals surface area contributed by atoms with E-state index in [0.717, 1.165) is 17.9 Å². The van der Waals surface area contributed by atoms with Crippen LogP contribution in [0.2, 0.25) is 5.02 Å². The van der Waals surface area contributed by atoms with Crippen LogP contribution >= 0.6 is 11.6 Å². The quantitative estimate of drug-likeness (QED) is 0.796. The fraction of sp³-hybridized carbons (Fsp3) is 0.125. The van der Waals surface area contributed by atoms with Gasteiger partial charge in [-0.25, -0.2) is 9.67 Å². The van der Waals surface area contributed by atoms with Gasteiger partial charge in [0.15, 0.2) is 0 Å². The molecule has 4 nitrogen and oxygen atoms in total. The van der Waals surface area contributed by atoms with Crippen molar-refractivity contribution in [2.24, 2.45) is 0 Å². The summed E-state index contributed by atoms with van der Waals surface area (Å²) in [4.78, 5) is 3.98. The molecule has 1 N–H and O–H groups in total. The minimum absolute atomic E-state index is 0.685. The lowest BCUT2D eigenvalue weighted by atomic mass is 10.1. The molecule has 0 bridgehead atoms. The summed E-state index contributed by atoms with van der Waals surface area (Å²) < 4.78 is 1.72. The summed E-state index contributed by atoms with van der Waals surface area (Å²) in [6, 6.07) is 14.1. The highest BCUT2D eigenvalue weighted by Crippen LogP contribution is 2.24. The Kier molecular flexibility index (Phi) is 3.88. The summed E-state index contributed by atoms with van der Waals surface area (Å²) in [6.45, 7) is 2.80. The molecule has 3 rings (SSSR count). The lowest BCUT2D eigenvalue weighted by molar-refractivity contribution is 0.878. The van der Waals surface area contributed by atoms with Gasteiger partial charge in [0.1, 0.15) is 12.7 Å². The first-order valence-electron chi connectivity index (χ1n) is 6.66. The van der Waals surface area contributed by atoms with Crippen molar-refractivity contribution < 1.29 is 0 Å². The number of anilines is 1. The SMILES string of the molecule is Cc1ccc(CNc2cc(Cl)ccc2-n2cncn2)cc1. The first-order chi connectivity index (χ1) is 10.2. The van der Waals surface area contributed by atoms with E-state index in [9.17, 15) is 0 Å². The zero-order valence-corrected chi connectivity index (χ0v) is 12.4. The lowest BCUT2D eigenvalue weighted by Crippen LogP contribution is -2.05. The standard InChI is InChI=1S/C16H15ClN4/c1-12-2-4-13(5-3-12)9-19-15-8-14(17)6-7-16(15)21-11-18-10-20-21/h2-8,10-11,19H,9H2,1H3. The Bertz CT molecular complexity index is 721. The summed E-state index contributed by atoms with van der Waals surface area (Å²) in [5.41, 5.74) is 4.31. The minimum atomic E-state index is 0.685. The molecule has 5 heteroatoms. The fourth-order valence-electron chi connectivity index (χ4n) is 2.09. The van der Waals surface area contributed by atoms with E-state index in [1.54, 1.807) is 11.0 Å². The Balaban J connectivity index is 1.84. The first kappa shape index (κ1) is 13.6. The van der Waals surface area contributed by atoms with Crippen LogP contribution in [0.4, 0.5) is 5.69 Å². The molecule has 0 atom stereocenters. The van der Waals surface area contributed by atoms with E-state index in [1.807, 2.05) is 18.2 Å². The maximum Gasteiger partial charge on any atom is 0.138 e.